The fourth-order valence-electron chi connectivity index (χ4n) is 2.93. The van der Waals surface area contributed by atoms with Crippen LogP contribution >= 0.6 is 0 Å². The summed E-state index contributed by atoms with van der Waals surface area (Å²) in [5, 5.41) is 9.58. The molecule has 2 aromatic carbocycles. The van der Waals surface area contributed by atoms with E-state index in [4.69, 9.17) is 0 Å². The second-order valence-electron chi connectivity index (χ2n) is 5.52. The monoisotopic (exact) mass is 306 g/mol. The van der Waals surface area contributed by atoms with Gasteiger partial charge in [0.1, 0.15) is 0 Å². The maximum absolute atomic E-state index is 12.7. The Hall–Kier alpha value is -3.02. The number of amides is 2. The van der Waals surface area contributed by atoms with Crippen LogP contribution in [0, 0.1) is 0 Å². The van der Waals surface area contributed by atoms with Crippen molar-refractivity contribution < 1.29 is 9.59 Å². The molecule has 0 N–H and O–H groups in total. The van der Waals surface area contributed by atoms with Crippen LogP contribution in [0.2, 0.25) is 0 Å². The predicted molar refractivity (Wildman–Crippen MR) is 83.4 cm³/mol. The summed E-state index contributed by atoms with van der Waals surface area (Å²) in [6, 6.07) is 17.3. The molecule has 1 saturated heterocycles. The lowest BCUT2D eigenvalue weighted by atomic mass is 10.1. The second kappa shape index (κ2) is 5.31. The average molecular weight is 306 g/mol. The van der Waals surface area contributed by atoms with E-state index in [1.165, 1.54) is 9.91 Å². The van der Waals surface area contributed by atoms with Crippen molar-refractivity contribution in [1.82, 2.24) is 4.90 Å². The lowest BCUT2D eigenvalue weighted by Crippen LogP contribution is -2.39. The van der Waals surface area contributed by atoms with Crippen molar-refractivity contribution in [3.8, 4) is 0 Å². The van der Waals surface area contributed by atoms with Gasteiger partial charge in [0, 0.05) is 0 Å². The van der Waals surface area contributed by atoms with E-state index in [2.05, 4.69) is 10.3 Å². The SMILES string of the molecule is O=C1[C@H]2N=NN(c3ccccc3)[C@@H]2C(=O)N1Cc1ccccc1. The summed E-state index contributed by atoms with van der Waals surface area (Å²) in [6.07, 6.45) is 0. The van der Waals surface area contributed by atoms with Crippen LogP contribution in [-0.4, -0.2) is 28.8 Å². The molecule has 0 spiro atoms. The molecule has 0 aromatic heterocycles. The molecular formula is C17H14N4O2. The summed E-state index contributed by atoms with van der Waals surface area (Å²) >= 11 is 0. The minimum absolute atomic E-state index is 0.252. The van der Waals surface area contributed by atoms with Crippen LogP contribution < -0.4 is 5.01 Å². The fraction of sp³-hybridized carbons (Fsp3) is 0.176. The summed E-state index contributed by atoms with van der Waals surface area (Å²) in [6.45, 7) is 0.268. The van der Waals surface area contributed by atoms with E-state index in [-0.39, 0.29) is 18.4 Å². The van der Waals surface area contributed by atoms with Gasteiger partial charge >= 0.3 is 0 Å². The smallest absolute Gasteiger partial charge is 0.259 e. The molecule has 23 heavy (non-hydrogen) atoms. The molecule has 0 saturated carbocycles. The molecule has 0 radical (unpaired) electrons. The molecule has 2 aromatic rings. The first kappa shape index (κ1) is 13.6. The van der Waals surface area contributed by atoms with E-state index >= 15 is 0 Å². The summed E-state index contributed by atoms with van der Waals surface area (Å²) in [7, 11) is 0. The Balaban J connectivity index is 1.62. The summed E-state index contributed by atoms with van der Waals surface area (Å²) in [5.74, 6) is -0.538. The van der Waals surface area contributed by atoms with Crippen LogP contribution in [0.3, 0.4) is 0 Å². The zero-order valence-corrected chi connectivity index (χ0v) is 12.2. The number of rotatable bonds is 3. The number of fused-ring (bicyclic) bond motifs is 1. The number of likely N-dealkylation sites (tertiary alicyclic amines) is 1. The Morgan fingerprint density at radius 1 is 0.870 bits per heavy atom. The third-order valence-electron chi connectivity index (χ3n) is 4.08. The first-order chi connectivity index (χ1) is 11.3. The van der Waals surface area contributed by atoms with Crippen LogP contribution in [0.15, 0.2) is 71.0 Å². The summed E-state index contributed by atoms with van der Waals surface area (Å²) < 4.78 is 0. The quantitative estimate of drug-likeness (QED) is 0.816. The molecule has 4 rings (SSSR count). The van der Waals surface area contributed by atoms with Crippen LogP contribution in [-0.2, 0) is 16.1 Å². The van der Waals surface area contributed by atoms with Gasteiger partial charge in [-0.15, -0.1) is 0 Å². The van der Waals surface area contributed by atoms with E-state index in [0.29, 0.717) is 0 Å². The fourth-order valence-corrected chi connectivity index (χ4v) is 2.93. The number of nitrogens with zero attached hydrogens (tertiary/aromatic N) is 4. The Labute approximate surface area is 133 Å². The molecule has 6 nitrogen and oxygen atoms in total. The predicted octanol–water partition coefficient (Wildman–Crippen LogP) is 2.18. The number of benzene rings is 2. The normalized spacial score (nSPS) is 22.8. The van der Waals surface area contributed by atoms with Crippen LogP contribution in [0.1, 0.15) is 5.56 Å². The van der Waals surface area contributed by atoms with Crippen molar-refractivity contribution in [2.45, 2.75) is 18.6 Å². The number of anilines is 1. The number of hydrogen-bond acceptors (Lipinski definition) is 5. The molecule has 0 bridgehead atoms. The number of carbonyl (C=O) groups excluding carboxylic acids is 2. The third-order valence-corrected chi connectivity index (χ3v) is 4.08. The molecule has 0 unspecified atom stereocenters. The Bertz CT molecular complexity index is 776. The van der Waals surface area contributed by atoms with Gasteiger partial charge in [-0.05, 0) is 17.7 Å². The maximum Gasteiger partial charge on any atom is 0.259 e. The van der Waals surface area contributed by atoms with Gasteiger partial charge in [0.2, 0.25) is 0 Å². The molecular weight excluding hydrogens is 292 g/mol. The van der Waals surface area contributed by atoms with E-state index in [1.807, 2.05) is 60.7 Å². The van der Waals surface area contributed by atoms with Gasteiger partial charge in [0.15, 0.2) is 12.1 Å². The van der Waals surface area contributed by atoms with Gasteiger partial charge < -0.3 is 0 Å². The minimum atomic E-state index is -0.744. The third kappa shape index (κ3) is 2.19. The molecule has 2 heterocycles. The summed E-state index contributed by atoms with van der Waals surface area (Å²) in [4.78, 5) is 26.5. The molecule has 2 aliphatic rings. The molecule has 114 valence electrons. The average Bonchev–Trinajstić information content (AvgIpc) is 3.13. The lowest BCUT2D eigenvalue weighted by molar-refractivity contribution is -0.139. The number of imide groups is 1. The van der Waals surface area contributed by atoms with Crippen LogP contribution in [0.5, 0.6) is 0 Å². The number of hydrogen-bond donors (Lipinski definition) is 0. The highest BCUT2D eigenvalue weighted by atomic mass is 16.2. The molecule has 1 fully saturated rings. The molecule has 2 amide bonds. The van der Waals surface area contributed by atoms with Gasteiger partial charge in [0.05, 0.1) is 12.2 Å². The van der Waals surface area contributed by atoms with Crippen molar-refractivity contribution in [3.63, 3.8) is 0 Å². The number of carbonyl (C=O) groups is 2. The summed E-state index contributed by atoms with van der Waals surface area (Å²) in [5.41, 5.74) is 1.67. The van der Waals surface area contributed by atoms with E-state index in [0.717, 1.165) is 11.3 Å². The van der Waals surface area contributed by atoms with E-state index < -0.39 is 12.1 Å². The largest absolute Gasteiger partial charge is 0.274 e. The van der Waals surface area contributed by atoms with E-state index in [1.54, 1.807) is 0 Å². The Morgan fingerprint density at radius 2 is 1.52 bits per heavy atom. The van der Waals surface area contributed by atoms with Crippen molar-refractivity contribution in [2.24, 2.45) is 10.3 Å². The lowest BCUT2D eigenvalue weighted by Gasteiger charge is -2.20. The van der Waals surface area contributed by atoms with Gasteiger partial charge in [-0.3, -0.25) is 14.5 Å². The zero-order valence-electron chi connectivity index (χ0n) is 12.2. The van der Waals surface area contributed by atoms with Crippen molar-refractivity contribution in [1.29, 1.82) is 0 Å². The van der Waals surface area contributed by atoms with Crippen molar-refractivity contribution >= 4 is 17.5 Å². The highest BCUT2D eigenvalue weighted by molar-refractivity contribution is 6.10. The Morgan fingerprint density at radius 3 is 2.22 bits per heavy atom. The van der Waals surface area contributed by atoms with Gasteiger partial charge in [-0.2, -0.15) is 5.11 Å². The highest BCUT2D eigenvalue weighted by Crippen LogP contribution is 2.32. The van der Waals surface area contributed by atoms with Crippen LogP contribution in [0.25, 0.3) is 0 Å². The maximum atomic E-state index is 12.7. The topological polar surface area (TPSA) is 65.3 Å². The van der Waals surface area contributed by atoms with Gasteiger partial charge in [-0.1, -0.05) is 53.8 Å². The minimum Gasteiger partial charge on any atom is -0.274 e. The molecule has 2 aliphatic heterocycles. The second-order valence-corrected chi connectivity index (χ2v) is 5.52. The molecule has 2 atom stereocenters. The first-order valence-electron chi connectivity index (χ1n) is 7.40. The van der Waals surface area contributed by atoms with Crippen molar-refractivity contribution in [3.05, 3.63) is 66.2 Å². The number of para-hydroxylation sites is 1. The van der Waals surface area contributed by atoms with Gasteiger partial charge in [0.25, 0.3) is 11.8 Å². The standard InChI is InChI=1S/C17H14N4O2/c22-16-14-15(21(19-18-14)13-9-5-2-6-10-13)17(23)20(16)11-12-7-3-1-4-8-12/h1-10,14-15H,11H2/t14-,15-/m0/s1. The Kier molecular flexibility index (Phi) is 3.15. The zero-order chi connectivity index (χ0) is 15.8. The molecule has 6 heteroatoms. The van der Waals surface area contributed by atoms with Crippen LogP contribution in [0.4, 0.5) is 5.69 Å². The first-order valence-corrected chi connectivity index (χ1v) is 7.40. The van der Waals surface area contributed by atoms with Gasteiger partial charge in [-0.25, -0.2) is 5.01 Å². The highest BCUT2D eigenvalue weighted by Gasteiger charge is 2.54. The molecule has 0 aliphatic carbocycles. The van der Waals surface area contributed by atoms with E-state index in [9.17, 15) is 9.59 Å². The van der Waals surface area contributed by atoms with Crippen molar-refractivity contribution in [2.75, 3.05) is 5.01 Å².